The molecule has 0 aliphatic rings. The maximum absolute atomic E-state index is 13.0. The molecule has 0 atom stereocenters. The summed E-state index contributed by atoms with van der Waals surface area (Å²) in [4.78, 5) is 11.8. The molecule has 2 aromatic rings. The molecular formula is C15H19FN4O2S. The Balaban J connectivity index is 1.96. The second-order valence-corrected chi connectivity index (χ2v) is 5.77. The zero-order chi connectivity index (χ0) is 16.7. The Morgan fingerprint density at radius 3 is 2.78 bits per heavy atom. The molecule has 8 heteroatoms. The van der Waals surface area contributed by atoms with Gasteiger partial charge in [0.25, 0.3) is 0 Å². The first kappa shape index (κ1) is 17.4. The van der Waals surface area contributed by atoms with Crippen LogP contribution in [0.2, 0.25) is 0 Å². The lowest BCUT2D eigenvalue weighted by Crippen LogP contribution is -2.26. The minimum Gasteiger partial charge on any atom is -0.385 e. The molecule has 23 heavy (non-hydrogen) atoms. The van der Waals surface area contributed by atoms with E-state index in [-0.39, 0.29) is 17.5 Å². The number of amides is 1. The molecule has 0 bridgehead atoms. The minimum atomic E-state index is -0.302. The highest BCUT2D eigenvalue weighted by Gasteiger charge is 2.13. The van der Waals surface area contributed by atoms with Crippen molar-refractivity contribution in [2.45, 2.75) is 18.5 Å². The number of carbonyl (C=O) groups excluding carboxylic acids is 1. The number of nitrogens with zero attached hydrogens (tertiary/aromatic N) is 3. The molecule has 1 amide bonds. The molecule has 1 aromatic heterocycles. The SMILES string of the molecule is COCCCNC(=O)CSc1nnc(C)n1-c1ccc(F)cc1. The van der Waals surface area contributed by atoms with Gasteiger partial charge in [-0.25, -0.2) is 4.39 Å². The molecule has 0 saturated carbocycles. The van der Waals surface area contributed by atoms with E-state index in [2.05, 4.69) is 15.5 Å². The summed E-state index contributed by atoms with van der Waals surface area (Å²) in [5, 5.41) is 11.5. The van der Waals surface area contributed by atoms with Gasteiger partial charge in [-0.15, -0.1) is 10.2 Å². The summed E-state index contributed by atoms with van der Waals surface area (Å²) in [6, 6.07) is 6.07. The number of nitrogens with one attached hydrogen (secondary N) is 1. The van der Waals surface area contributed by atoms with E-state index in [1.54, 1.807) is 23.8 Å². The first-order valence-corrected chi connectivity index (χ1v) is 8.16. The third-order valence-corrected chi connectivity index (χ3v) is 3.99. The number of aromatic nitrogens is 3. The Morgan fingerprint density at radius 1 is 1.35 bits per heavy atom. The number of aryl methyl sites for hydroxylation is 1. The van der Waals surface area contributed by atoms with E-state index < -0.39 is 0 Å². The average Bonchev–Trinajstić information content (AvgIpc) is 2.91. The van der Waals surface area contributed by atoms with Gasteiger partial charge in [0.2, 0.25) is 5.91 Å². The number of rotatable bonds is 8. The molecule has 1 N–H and O–H groups in total. The van der Waals surface area contributed by atoms with Crippen LogP contribution in [0, 0.1) is 12.7 Å². The van der Waals surface area contributed by atoms with Crippen molar-refractivity contribution in [3.63, 3.8) is 0 Å². The highest BCUT2D eigenvalue weighted by atomic mass is 32.2. The zero-order valence-corrected chi connectivity index (χ0v) is 13.9. The summed E-state index contributed by atoms with van der Waals surface area (Å²) in [5.41, 5.74) is 0.761. The number of thioether (sulfide) groups is 1. The van der Waals surface area contributed by atoms with Crippen LogP contribution in [-0.4, -0.2) is 46.7 Å². The van der Waals surface area contributed by atoms with Crippen molar-refractivity contribution in [2.75, 3.05) is 26.0 Å². The molecule has 0 spiro atoms. The normalized spacial score (nSPS) is 10.7. The second-order valence-electron chi connectivity index (χ2n) is 4.83. The summed E-state index contributed by atoms with van der Waals surface area (Å²) >= 11 is 1.29. The molecule has 124 valence electrons. The fourth-order valence-electron chi connectivity index (χ4n) is 1.95. The second kappa shape index (κ2) is 8.64. The molecule has 0 unspecified atom stereocenters. The first-order valence-electron chi connectivity index (χ1n) is 7.18. The summed E-state index contributed by atoms with van der Waals surface area (Å²) in [6.45, 7) is 3.01. The van der Waals surface area contributed by atoms with Crippen LogP contribution in [0.25, 0.3) is 5.69 Å². The highest BCUT2D eigenvalue weighted by Crippen LogP contribution is 2.21. The Bertz CT molecular complexity index is 645. The molecule has 0 radical (unpaired) electrons. The van der Waals surface area contributed by atoms with Crippen molar-refractivity contribution >= 4 is 17.7 Å². The van der Waals surface area contributed by atoms with Gasteiger partial charge in [0.05, 0.1) is 5.75 Å². The van der Waals surface area contributed by atoms with Gasteiger partial charge in [-0.1, -0.05) is 11.8 Å². The predicted octanol–water partition coefficient (Wildman–Crippen LogP) is 1.96. The summed E-state index contributed by atoms with van der Waals surface area (Å²) in [5.74, 6) is 0.549. The molecule has 0 aliphatic carbocycles. The standard InChI is InChI=1S/C15H19FN4O2S/c1-11-18-19-15(20(11)13-6-4-12(16)5-7-13)23-10-14(21)17-8-3-9-22-2/h4-7H,3,8-10H2,1-2H3,(H,17,21). The largest absolute Gasteiger partial charge is 0.385 e. The topological polar surface area (TPSA) is 69.0 Å². The summed E-state index contributed by atoms with van der Waals surface area (Å²) < 4.78 is 19.8. The minimum absolute atomic E-state index is 0.0718. The van der Waals surface area contributed by atoms with Crippen molar-refractivity contribution < 1.29 is 13.9 Å². The van der Waals surface area contributed by atoms with Gasteiger partial charge in [-0.3, -0.25) is 9.36 Å². The third-order valence-electron chi connectivity index (χ3n) is 3.06. The van der Waals surface area contributed by atoms with Crippen molar-refractivity contribution in [1.29, 1.82) is 0 Å². The van der Waals surface area contributed by atoms with Gasteiger partial charge in [0, 0.05) is 25.9 Å². The fourth-order valence-corrected chi connectivity index (χ4v) is 2.78. The number of halogens is 1. The summed E-state index contributed by atoms with van der Waals surface area (Å²) in [6.07, 6.45) is 0.776. The first-order chi connectivity index (χ1) is 11.1. The van der Waals surface area contributed by atoms with Gasteiger partial charge >= 0.3 is 0 Å². The lowest BCUT2D eigenvalue weighted by molar-refractivity contribution is -0.118. The quantitative estimate of drug-likeness (QED) is 0.589. The van der Waals surface area contributed by atoms with Crippen molar-refractivity contribution in [1.82, 2.24) is 20.1 Å². The Kier molecular flexibility index (Phi) is 6.54. The number of carbonyl (C=O) groups is 1. The van der Waals surface area contributed by atoms with E-state index in [0.717, 1.165) is 12.1 Å². The third kappa shape index (κ3) is 5.04. The maximum atomic E-state index is 13.0. The van der Waals surface area contributed by atoms with Crippen LogP contribution in [0.15, 0.2) is 29.4 Å². The highest BCUT2D eigenvalue weighted by molar-refractivity contribution is 7.99. The van der Waals surface area contributed by atoms with Gasteiger partial charge in [0.15, 0.2) is 5.16 Å². The van der Waals surface area contributed by atoms with E-state index >= 15 is 0 Å². The van der Waals surface area contributed by atoms with Crippen LogP contribution in [0.1, 0.15) is 12.2 Å². The van der Waals surface area contributed by atoms with E-state index in [9.17, 15) is 9.18 Å². The van der Waals surface area contributed by atoms with Gasteiger partial charge in [-0.2, -0.15) is 0 Å². The van der Waals surface area contributed by atoms with Crippen molar-refractivity contribution in [2.24, 2.45) is 0 Å². The lowest BCUT2D eigenvalue weighted by atomic mass is 10.3. The number of methoxy groups -OCH3 is 1. The van der Waals surface area contributed by atoms with Gasteiger partial charge in [-0.05, 0) is 37.6 Å². The smallest absolute Gasteiger partial charge is 0.230 e. The number of hydrogen-bond donors (Lipinski definition) is 1. The Labute approximate surface area is 138 Å². The van der Waals surface area contributed by atoms with Crippen LogP contribution in [0.5, 0.6) is 0 Å². The van der Waals surface area contributed by atoms with E-state index in [1.807, 2.05) is 6.92 Å². The van der Waals surface area contributed by atoms with E-state index in [4.69, 9.17) is 4.74 Å². The molecule has 2 rings (SSSR count). The lowest BCUT2D eigenvalue weighted by Gasteiger charge is -2.08. The van der Waals surface area contributed by atoms with Crippen molar-refractivity contribution in [3.05, 3.63) is 35.9 Å². The zero-order valence-electron chi connectivity index (χ0n) is 13.1. The molecule has 1 aromatic carbocycles. The van der Waals surface area contributed by atoms with Gasteiger partial charge < -0.3 is 10.1 Å². The van der Waals surface area contributed by atoms with Gasteiger partial charge in [0.1, 0.15) is 11.6 Å². The molecule has 0 aliphatic heterocycles. The molecule has 6 nitrogen and oxygen atoms in total. The van der Waals surface area contributed by atoms with Crippen molar-refractivity contribution in [3.8, 4) is 5.69 Å². The van der Waals surface area contributed by atoms with E-state index in [1.165, 1.54) is 23.9 Å². The number of ether oxygens (including phenoxy) is 1. The molecular weight excluding hydrogens is 319 g/mol. The molecule has 0 fully saturated rings. The Hall–Kier alpha value is -1.93. The fraction of sp³-hybridized carbons (Fsp3) is 0.400. The molecule has 1 heterocycles. The van der Waals surface area contributed by atoms with Crippen LogP contribution >= 0.6 is 11.8 Å². The van der Waals surface area contributed by atoms with Crippen LogP contribution in [-0.2, 0) is 9.53 Å². The molecule has 0 saturated heterocycles. The number of hydrogen-bond acceptors (Lipinski definition) is 5. The Morgan fingerprint density at radius 2 is 2.09 bits per heavy atom. The maximum Gasteiger partial charge on any atom is 0.230 e. The number of benzene rings is 1. The monoisotopic (exact) mass is 338 g/mol. The average molecular weight is 338 g/mol. The van der Waals surface area contributed by atoms with Crippen LogP contribution in [0.3, 0.4) is 0 Å². The summed E-state index contributed by atoms with van der Waals surface area (Å²) in [7, 11) is 1.63. The van der Waals surface area contributed by atoms with E-state index in [0.29, 0.717) is 24.1 Å². The predicted molar refractivity (Wildman–Crippen MR) is 86.3 cm³/mol. The van der Waals surface area contributed by atoms with Crippen LogP contribution in [0.4, 0.5) is 4.39 Å². The van der Waals surface area contributed by atoms with Crippen LogP contribution < -0.4 is 5.32 Å².